The van der Waals surface area contributed by atoms with Gasteiger partial charge >= 0.3 is 12.2 Å². The largest absolute Gasteiger partial charge is 0.445 e. The number of hydrogen-bond acceptors (Lipinski definition) is 9. The van der Waals surface area contributed by atoms with Crippen molar-refractivity contribution in [1.82, 2.24) is 10.6 Å². The van der Waals surface area contributed by atoms with Crippen LogP contribution in [-0.2, 0) is 27.5 Å². The number of halogens is 2. The van der Waals surface area contributed by atoms with Gasteiger partial charge in [0.15, 0.2) is 5.78 Å². The minimum atomic E-state index is -4.07. The first-order chi connectivity index (χ1) is 18.9. The fraction of sp³-hybridized carbons (Fsp3) is 0.423. The number of hydrogen-bond donors (Lipinski definition) is 4. The van der Waals surface area contributed by atoms with Gasteiger partial charge in [0.25, 0.3) is 11.6 Å². The minimum absolute atomic E-state index is 0.0678. The number of carbonyl (C=O) groups excluding carboxylic acids is 3. The molecule has 40 heavy (non-hydrogen) atoms. The lowest BCUT2D eigenvalue weighted by atomic mass is 9.93. The number of Topliss-reactive ketones (excluding diaryl/α,β-unsaturated/α-hetero) is 1. The maximum atomic E-state index is 14.7. The lowest BCUT2D eigenvalue weighted by Gasteiger charge is -2.32. The van der Waals surface area contributed by atoms with Crippen LogP contribution in [-0.4, -0.2) is 58.7 Å². The molecule has 0 aromatic heterocycles. The highest BCUT2D eigenvalue weighted by Crippen LogP contribution is 2.27. The Morgan fingerprint density at radius 1 is 1.00 bits per heavy atom. The van der Waals surface area contributed by atoms with Crippen molar-refractivity contribution in [3.05, 3.63) is 75.8 Å². The monoisotopic (exact) mass is 566 g/mol. The summed E-state index contributed by atoms with van der Waals surface area (Å²) in [6.45, 7) is 0.725. The van der Waals surface area contributed by atoms with Crippen molar-refractivity contribution in [2.75, 3.05) is 6.54 Å². The molecule has 3 atom stereocenters. The lowest BCUT2D eigenvalue weighted by molar-refractivity contribution is -0.384. The summed E-state index contributed by atoms with van der Waals surface area (Å²) in [5.41, 5.74) is 6.32. The minimum Gasteiger partial charge on any atom is -0.445 e. The number of unbranched alkanes of at least 4 members (excludes halogenated alkanes) is 1. The molecule has 0 heterocycles. The molecular formula is C26H32F2N4O8. The van der Waals surface area contributed by atoms with Crippen molar-refractivity contribution < 1.29 is 42.7 Å². The van der Waals surface area contributed by atoms with E-state index in [0.717, 1.165) is 12.5 Å². The van der Waals surface area contributed by atoms with Crippen molar-refractivity contribution in [3.8, 4) is 0 Å². The van der Waals surface area contributed by atoms with Crippen LogP contribution in [0.1, 0.15) is 37.3 Å². The molecule has 2 aromatic rings. The second-order valence-electron chi connectivity index (χ2n) is 8.94. The van der Waals surface area contributed by atoms with E-state index in [9.17, 15) is 38.4 Å². The van der Waals surface area contributed by atoms with Crippen molar-refractivity contribution in [3.63, 3.8) is 0 Å². The molecule has 2 amide bonds. The molecule has 0 aliphatic carbocycles. The second kappa shape index (κ2) is 15.4. The molecule has 0 aliphatic heterocycles. The van der Waals surface area contributed by atoms with Crippen LogP contribution >= 0.6 is 0 Å². The van der Waals surface area contributed by atoms with Crippen LogP contribution in [0.25, 0.3) is 0 Å². The molecule has 3 unspecified atom stereocenters. The molecule has 2 rings (SSSR count). The number of aliphatic hydroxyl groups is 1. The molecular weight excluding hydrogens is 534 g/mol. The van der Waals surface area contributed by atoms with E-state index in [-0.39, 0.29) is 44.7 Å². The van der Waals surface area contributed by atoms with Gasteiger partial charge in [0, 0.05) is 18.7 Å². The van der Waals surface area contributed by atoms with E-state index < -0.39 is 47.0 Å². The highest BCUT2D eigenvalue weighted by molar-refractivity contribution is 5.82. The molecule has 0 fully saturated rings. The van der Waals surface area contributed by atoms with E-state index >= 15 is 0 Å². The molecule has 12 nitrogen and oxygen atoms in total. The molecule has 0 spiro atoms. The van der Waals surface area contributed by atoms with E-state index in [1.807, 2.05) is 6.07 Å². The molecule has 218 valence electrons. The third-order valence-corrected chi connectivity index (χ3v) is 5.87. The third kappa shape index (κ3) is 10.2. The maximum absolute atomic E-state index is 14.7. The zero-order valence-corrected chi connectivity index (χ0v) is 21.8. The molecule has 0 saturated heterocycles. The van der Waals surface area contributed by atoms with Crippen LogP contribution in [0.2, 0.25) is 0 Å². The zero-order valence-electron chi connectivity index (χ0n) is 21.8. The summed E-state index contributed by atoms with van der Waals surface area (Å²) >= 11 is 0. The number of amides is 2. The van der Waals surface area contributed by atoms with E-state index in [1.165, 1.54) is 24.3 Å². The number of benzene rings is 2. The third-order valence-electron chi connectivity index (χ3n) is 5.87. The lowest BCUT2D eigenvalue weighted by Crippen LogP contribution is -2.60. The first-order valence-corrected chi connectivity index (χ1v) is 12.3. The van der Waals surface area contributed by atoms with Gasteiger partial charge in [-0.1, -0.05) is 30.3 Å². The van der Waals surface area contributed by atoms with Crippen molar-refractivity contribution in [2.45, 2.75) is 63.5 Å². The molecule has 14 heteroatoms. The summed E-state index contributed by atoms with van der Waals surface area (Å²) in [7, 11) is 0. The quantitative estimate of drug-likeness (QED) is 0.143. The first-order valence-electron chi connectivity index (χ1n) is 12.3. The number of rotatable bonds is 15. The smallest absolute Gasteiger partial charge is 0.407 e. The first kappa shape index (κ1) is 32.0. The summed E-state index contributed by atoms with van der Waals surface area (Å²) < 4.78 is 39.5. The number of ether oxygens (including phenoxy) is 2. The molecule has 5 N–H and O–H groups in total. The van der Waals surface area contributed by atoms with Crippen LogP contribution in [0.4, 0.5) is 24.1 Å². The van der Waals surface area contributed by atoms with Gasteiger partial charge in [-0.15, -0.1) is 0 Å². The van der Waals surface area contributed by atoms with E-state index in [4.69, 9.17) is 15.2 Å². The Morgan fingerprint density at radius 3 is 2.15 bits per heavy atom. The van der Waals surface area contributed by atoms with Crippen LogP contribution in [0.5, 0.6) is 0 Å². The standard InChI is InChI=1S/C26H32F2N4O8/c1-17(33)22(29)26(27,28)23(34)21(31-25(36)40-16-19-10-12-20(13-11-19)32(37)38)9-5-6-14-30-24(35)39-15-18-7-3-2-4-8-18/h2-4,7-8,10-13,21-23,34H,5-6,9,14-16,29H2,1H3,(H,30,35)(H,31,36). The number of nitrogens with zero attached hydrogens (tertiary/aromatic N) is 1. The number of carbonyl (C=O) groups is 3. The number of aliphatic hydroxyl groups excluding tert-OH is 1. The number of nitro groups is 1. The van der Waals surface area contributed by atoms with E-state index in [1.54, 1.807) is 24.3 Å². The van der Waals surface area contributed by atoms with Gasteiger partial charge < -0.3 is 30.9 Å². The maximum Gasteiger partial charge on any atom is 0.407 e. The van der Waals surface area contributed by atoms with Crippen LogP contribution in [0.3, 0.4) is 0 Å². The Bertz CT molecular complexity index is 1140. The van der Waals surface area contributed by atoms with Crippen molar-refractivity contribution >= 4 is 23.7 Å². The number of nitrogens with one attached hydrogen (secondary N) is 2. The van der Waals surface area contributed by atoms with Gasteiger partial charge in [-0.3, -0.25) is 14.9 Å². The van der Waals surface area contributed by atoms with E-state index in [0.29, 0.717) is 5.56 Å². The molecule has 0 aliphatic rings. The van der Waals surface area contributed by atoms with Crippen LogP contribution in [0, 0.1) is 10.1 Å². The van der Waals surface area contributed by atoms with Gasteiger partial charge in [0.05, 0.1) is 11.0 Å². The SMILES string of the molecule is CC(=O)C(N)C(F)(F)C(O)C(CCCCNC(=O)OCc1ccccc1)NC(=O)OCc1ccc([N+](=O)[O-])cc1. The van der Waals surface area contributed by atoms with Gasteiger partial charge in [-0.2, -0.15) is 0 Å². The normalized spacial score (nSPS) is 13.4. The fourth-order valence-electron chi connectivity index (χ4n) is 3.54. The molecule has 0 radical (unpaired) electrons. The number of alkyl halides is 2. The predicted molar refractivity (Wildman–Crippen MR) is 138 cm³/mol. The Morgan fingerprint density at radius 2 is 1.57 bits per heavy atom. The average Bonchev–Trinajstić information content (AvgIpc) is 2.93. The Balaban J connectivity index is 1.90. The van der Waals surface area contributed by atoms with Gasteiger partial charge in [-0.25, -0.2) is 18.4 Å². The molecule has 2 aromatic carbocycles. The predicted octanol–water partition coefficient (Wildman–Crippen LogP) is 3.20. The van der Waals surface area contributed by atoms with Crippen LogP contribution < -0.4 is 16.4 Å². The summed E-state index contributed by atoms with van der Waals surface area (Å²) in [5.74, 6) is -5.12. The van der Waals surface area contributed by atoms with Gasteiger partial charge in [0.2, 0.25) is 0 Å². The number of ketones is 1. The van der Waals surface area contributed by atoms with Crippen molar-refractivity contribution in [1.29, 1.82) is 0 Å². The highest BCUT2D eigenvalue weighted by Gasteiger charge is 2.50. The number of nitrogens with two attached hydrogens (primary N) is 1. The van der Waals surface area contributed by atoms with Gasteiger partial charge in [0.1, 0.15) is 25.4 Å². The van der Waals surface area contributed by atoms with Crippen molar-refractivity contribution in [2.24, 2.45) is 5.73 Å². The number of non-ortho nitro benzene ring substituents is 1. The van der Waals surface area contributed by atoms with E-state index in [2.05, 4.69) is 10.6 Å². The Kier molecular flexibility index (Phi) is 12.4. The summed E-state index contributed by atoms with van der Waals surface area (Å²) in [5, 5.41) is 25.8. The molecule has 0 bridgehead atoms. The summed E-state index contributed by atoms with van der Waals surface area (Å²) in [6.07, 6.45) is -4.05. The average molecular weight is 567 g/mol. The summed E-state index contributed by atoms with van der Waals surface area (Å²) in [4.78, 5) is 45.8. The summed E-state index contributed by atoms with van der Waals surface area (Å²) in [6, 6.07) is 10.3. The fourth-order valence-corrected chi connectivity index (χ4v) is 3.54. The van der Waals surface area contributed by atoms with Crippen LogP contribution in [0.15, 0.2) is 54.6 Å². The topological polar surface area (TPSA) is 183 Å². The highest BCUT2D eigenvalue weighted by atomic mass is 19.3. The second-order valence-corrected chi connectivity index (χ2v) is 8.94. The zero-order chi connectivity index (χ0) is 29.7. The van der Waals surface area contributed by atoms with Gasteiger partial charge in [-0.05, 0) is 49.4 Å². The Hall–Kier alpha value is -4.17. The number of nitro benzene ring substituents is 1. The number of alkyl carbamates (subject to hydrolysis) is 2. The Labute approximate surface area is 229 Å². The molecule has 0 saturated carbocycles.